The van der Waals surface area contributed by atoms with Gasteiger partial charge in [0.1, 0.15) is 0 Å². The summed E-state index contributed by atoms with van der Waals surface area (Å²) in [5.41, 5.74) is 2.11. The maximum Gasteiger partial charge on any atom is 0.232 e. The predicted molar refractivity (Wildman–Crippen MR) is 97.6 cm³/mol. The summed E-state index contributed by atoms with van der Waals surface area (Å²) in [6.07, 6.45) is 5.58. The lowest BCUT2D eigenvalue weighted by atomic mass is 9.96. The van der Waals surface area contributed by atoms with E-state index in [0.29, 0.717) is 24.1 Å². The summed E-state index contributed by atoms with van der Waals surface area (Å²) in [4.78, 5) is 21.3. The van der Waals surface area contributed by atoms with Gasteiger partial charge in [-0.05, 0) is 31.5 Å². The summed E-state index contributed by atoms with van der Waals surface area (Å²) >= 11 is 0. The number of anilines is 1. The molecule has 3 heterocycles. The first-order chi connectivity index (χ1) is 13.2. The van der Waals surface area contributed by atoms with Crippen molar-refractivity contribution in [2.24, 2.45) is 5.92 Å². The summed E-state index contributed by atoms with van der Waals surface area (Å²) < 4.78 is 7.59. The van der Waals surface area contributed by atoms with Crippen LogP contribution in [-0.4, -0.2) is 32.3 Å². The lowest BCUT2D eigenvalue weighted by Crippen LogP contribution is -2.26. The van der Waals surface area contributed by atoms with Crippen LogP contribution >= 0.6 is 0 Å². The van der Waals surface area contributed by atoms with Crippen LogP contribution in [0.2, 0.25) is 0 Å². The highest BCUT2D eigenvalue weighted by atomic mass is 16.5. The molecule has 2 aromatic heterocycles. The van der Waals surface area contributed by atoms with Crippen molar-refractivity contribution in [1.82, 2.24) is 19.7 Å². The minimum atomic E-state index is -0.320. The number of nitriles is 1. The lowest BCUT2D eigenvalue weighted by molar-refractivity contribution is -0.121. The van der Waals surface area contributed by atoms with Crippen molar-refractivity contribution in [3.05, 3.63) is 47.9 Å². The Labute approximate surface area is 155 Å². The first-order valence-electron chi connectivity index (χ1n) is 8.79. The quantitative estimate of drug-likeness (QED) is 0.764. The number of ether oxygens (including phenoxy) is 1. The molecule has 1 fully saturated rings. The molecule has 3 aromatic rings. The monoisotopic (exact) mass is 362 g/mol. The van der Waals surface area contributed by atoms with E-state index in [0.717, 1.165) is 17.5 Å². The van der Waals surface area contributed by atoms with E-state index in [9.17, 15) is 4.79 Å². The molecule has 0 bridgehead atoms. The van der Waals surface area contributed by atoms with Gasteiger partial charge in [-0.25, -0.2) is 9.97 Å². The van der Waals surface area contributed by atoms with Crippen LogP contribution in [0.4, 0.5) is 5.95 Å². The van der Waals surface area contributed by atoms with Gasteiger partial charge in [0.05, 0.1) is 35.4 Å². The van der Waals surface area contributed by atoms with Gasteiger partial charge in [-0.3, -0.25) is 14.8 Å². The van der Waals surface area contributed by atoms with Gasteiger partial charge in [0.2, 0.25) is 11.9 Å². The van der Waals surface area contributed by atoms with Gasteiger partial charge in [-0.1, -0.05) is 0 Å². The first-order valence-corrected chi connectivity index (χ1v) is 8.79. The van der Waals surface area contributed by atoms with Crippen LogP contribution in [0.1, 0.15) is 30.6 Å². The molecule has 1 aliphatic rings. The number of aromatic nitrogens is 4. The fourth-order valence-electron chi connectivity index (χ4n) is 3.25. The van der Waals surface area contributed by atoms with Gasteiger partial charge in [0, 0.05) is 36.5 Å². The lowest BCUT2D eigenvalue weighted by Gasteiger charge is -2.16. The molecule has 2 atom stereocenters. The van der Waals surface area contributed by atoms with Gasteiger partial charge < -0.3 is 4.74 Å². The molecule has 4 rings (SSSR count). The Balaban J connectivity index is 1.52. The normalized spacial score (nSPS) is 19.1. The van der Waals surface area contributed by atoms with Crippen molar-refractivity contribution in [2.75, 3.05) is 11.9 Å². The highest BCUT2D eigenvalue weighted by Gasteiger charge is 2.36. The molecule has 0 saturated carbocycles. The summed E-state index contributed by atoms with van der Waals surface area (Å²) in [5.74, 6) is -0.248. The number of fused-ring (bicyclic) bond motifs is 1. The Kier molecular flexibility index (Phi) is 4.52. The van der Waals surface area contributed by atoms with Crippen LogP contribution in [-0.2, 0) is 16.1 Å². The number of carbonyl (C=O) groups is 1. The zero-order chi connectivity index (χ0) is 18.8. The van der Waals surface area contributed by atoms with E-state index in [1.807, 2.05) is 17.8 Å². The fraction of sp³-hybridized carbons (Fsp3) is 0.316. The van der Waals surface area contributed by atoms with E-state index in [4.69, 9.17) is 10.00 Å². The van der Waals surface area contributed by atoms with Gasteiger partial charge in [-0.15, -0.1) is 0 Å². The summed E-state index contributed by atoms with van der Waals surface area (Å²) in [6.45, 7) is 3.30. The second-order valence-corrected chi connectivity index (χ2v) is 6.38. The summed E-state index contributed by atoms with van der Waals surface area (Å²) in [7, 11) is 0. The fourth-order valence-corrected chi connectivity index (χ4v) is 3.25. The third-order valence-corrected chi connectivity index (χ3v) is 4.68. The van der Waals surface area contributed by atoms with E-state index in [2.05, 4.69) is 26.5 Å². The molecule has 0 unspecified atom stereocenters. The van der Waals surface area contributed by atoms with E-state index < -0.39 is 0 Å². The number of hydrogen-bond acceptors (Lipinski definition) is 6. The van der Waals surface area contributed by atoms with Gasteiger partial charge in [0.15, 0.2) is 0 Å². The van der Waals surface area contributed by atoms with Crippen LogP contribution in [0.5, 0.6) is 0 Å². The topological polar surface area (TPSA) is 106 Å². The van der Waals surface area contributed by atoms with Gasteiger partial charge in [-0.2, -0.15) is 10.4 Å². The molecule has 136 valence electrons. The molecule has 1 aromatic carbocycles. The summed E-state index contributed by atoms with van der Waals surface area (Å²) in [6, 6.07) is 7.23. The molecule has 1 saturated heterocycles. The maximum atomic E-state index is 12.8. The van der Waals surface area contributed by atoms with Crippen molar-refractivity contribution in [1.29, 1.82) is 5.26 Å². The Morgan fingerprint density at radius 3 is 3.11 bits per heavy atom. The van der Waals surface area contributed by atoms with Crippen LogP contribution in [0.25, 0.3) is 10.9 Å². The second kappa shape index (κ2) is 7.13. The number of nitrogens with zero attached hydrogens (tertiary/aromatic N) is 5. The van der Waals surface area contributed by atoms with Crippen LogP contribution in [0.3, 0.4) is 0 Å². The number of amides is 1. The first kappa shape index (κ1) is 17.1. The third kappa shape index (κ3) is 3.37. The number of benzene rings is 1. The molecule has 0 radical (unpaired) electrons. The maximum absolute atomic E-state index is 12.8. The molecule has 8 heteroatoms. The highest BCUT2D eigenvalue weighted by Crippen LogP contribution is 2.35. The molecular weight excluding hydrogens is 344 g/mol. The number of hydrogen-bond donors (Lipinski definition) is 1. The van der Waals surface area contributed by atoms with Gasteiger partial charge in [0.25, 0.3) is 0 Å². The van der Waals surface area contributed by atoms with Crippen molar-refractivity contribution in [3.8, 4) is 6.07 Å². The molecular formula is C19H18N6O2. The SMILES string of the molecule is CCn1cc([C@H]2OCC[C@@H]2C(=O)Nc2ncc3cc(C#N)ccc3n2)cn1. The highest BCUT2D eigenvalue weighted by molar-refractivity contribution is 5.92. The van der Waals surface area contributed by atoms with Crippen molar-refractivity contribution in [3.63, 3.8) is 0 Å². The second-order valence-electron chi connectivity index (χ2n) is 6.38. The Hall–Kier alpha value is -3.31. The molecule has 0 spiro atoms. The Morgan fingerprint density at radius 2 is 2.33 bits per heavy atom. The predicted octanol–water partition coefficient (Wildman–Crippen LogP) is 2.43. The van der Waals surface area contributed by atoms with Crippen molar-refractivity contribution >= 4 is 22.8 Å². The number of nitrogens with one attached hydrogen (secondary N) is 1. The van der Waals surface area contributed by atoms with Crippen molar-refractivity contribution in [2.45, 2.75) is 26.0 Å². The van der Waals surface area contributed by atoms with Crippen LogP contribution in [0, 0.1) is 17.2 Å². The molecule has 1 aliphatic heterocycles. The van der Waals surface area contributed by atoms with E-state index >= 15 is 0 Å². The number of carbonyl (C=O) groups excluding carboxylic acids is 1. The zero-order valence-corrected chi connectivity index (χ0v) is 14.8. The average molecular weight is 362 g/mol. The summed E-state index contributed by atoms with van der Waals surface area (Å²) in [5, 5.41) is 16.8. The van der Waals surface area contributed by atoms with Gasteiger partial charge >= 0.3 is 0 Å². The minimum Gasteiger partial charge on any atom is -0.373 e. The third-order valence-electron chi connectivity index (χ3n) is 4.68. The standard InChI is InChI=1S/C19H18N6O2/c1-2-25-11-14(10-22-25)17-15(5-6-27-17)18(26)24-19-21-9-13-7-12(8-20)3-4-16(13)23-19/h3-4,7,9-11,15,17H,2,5-6H2,1H3,(H,21,23,24,26)/t15-,17+/m0/s1. The molecule has 27 heavy (non-hydrogen) atoms. The smallest absolute Gasteiger partial charge is 0.232 e. The number of rotatable bonds is 4. The molecule has 1 amide bonds. The Morgan fingerprint density at radius 1 is 1.44 bits per heavy atom. The molecule has 8 nitrogen and oxygen atoms in total. The van der Waals surface area contributed by atoms with Crippen molar-refractivity contribution < 1.29 is 9.53 Å². The zero-order valence-electron chi connectivity index (χ0n) is 14.8. The number of aryl methyl sites for hydroxylation is 1. The van der Waals surface area contributed by atoms with E-state index in [-0.39, 0.29) is 23.9 Å². The van der Waals surface area contributed by atoms with E-state index in [1.54, 1.807) is 30.6 Å². The molecule has 1 N–H and O–H groups in total. The van der Waals surface area contributed by atoms with Crippen LogP contribution < -0.4 is 5.32 Å². The minimum absolute atomic E-state index is 0.172. The molecule has 0 aliphatic carbocycles. The van der Waals surface area contributed by atoms with E-state index in [1.165, 1.54) is 0 Å². The average Bonchev–Trinajstić information content (AvgIpc) is 3.36. The largest absolute Gasteiger partial charge is 0.373 e. The Bertz CT molecular complexity index is 1040. The van der Waals surface area contributed by atoms with Crippen LogP contribution in [0.15, 0.2) is 36.8 Å².